The summed E-state index contributed by atoms with van der Waals surface area (Å²) in [5.41, 5.74) is 2.70. The van der Waals surface area contributed by atoms with Crippen molar-refractivity contribution in [3.05, 3.63) is 87.4 Å². The molecule has 0 aliphatic heterocycles. The molecule has 3 rings (SSSR count). The van der Waals surface area contributed by atoms with E-state index in [2.05, 4.69) is 5.32 Å². The Kier molecular flexibility index (Phi) is 6.45. The highest BCUT2D eigenvalue weighted by molar-refractivity contribution is 6.32. The quantitative estimate of drug-likeness (QED) is 0.525. The van der Waals surface area contributed by atoms with Crippen molar-refractivity contribution in [3.8, 4) is 11.5 Å². The number of halogens is 2. The van der Waals surface area contributed by atoms with Crippen LogP contribution in [0.15, 0.2) is 60.7 Å². The molecule has 1 amide bonds. The third-order valence-electron chi connectivity index (χ3n) is 4.28. The highest BCUT2D eigenvalue weighted by atomic mass is 35.5. The number of carbonyl (C=O) groups excluding carboxylic acids is 1. The summed E-state index contributed by atoms with van der Waals surface area (Å²) in [6, 6.07) is 17.8. The fourth-order valence-electron chi connectivity index (χ4n) is 2.69. The summed E-state index contributed by atoms with van der Waals surface area (Å²) in [5, 5.41) is 4.01. The molecule has 0 atom stereocenters. The van der Waals surface area contributed by atoms with Crippen LogP contribution in [0.25, 0.3) is 0 Å². The van der Waals surface area contributed by atoms with E-state index in [1.807, 2.05) is 25.1 Å². The minimum absolute atomic E-state index is 0.213. The van der Waals surface area contributed by atoms with Gasteiger partial charge in [-0.15, -0.1) is 0 Å². The largest absolute Gasteiger partial charge is 0.496 e. The van der Waals surface area contributed by atoms with Crippen molar-refractivity contribution in [2.75, 3.05) is 12.4 Å². The zero-order valence-electron chi connectivity index (χ0n) is 15.5. The Hall–Kier alpha value is -2.69. The van der Waals surface area contributed by atoms with Gasteiger partial charge in [0.15, 0.2) is 0 Å². The Morgan fingerprint density at radius 1 is 0.964 bits per heavy atom. The van der Waals surface area contributed by atoms with Gasteiger partial charge in [0, 0.05) is 21.8 Å². The first-order valence-corrected chi connectivity index (χ1v) is 9.36. The first-order valence-electron chi connectivity index (χ1n) is 8.60. The molecule has 0 fully saturated rings. The second-order valence-electron chi connectivity index (χ2n) is 6.11. The van der Waals surface area contributed by atoms with E-state index in [0.717, 1.165) is 11.1 Å². The molecule has 0 spiro atoms. The average molecular weight is 416 g/mol. The molecule has 1 N–H and O–H groups in total. The van der Waals surface area contributed by atoms with Crippen LogP contribution in [0.3, 0.4) is 0 Å². The van der Waals surface area contributed by atoms with E-state index in [4.69, 9.17) is 32.7 Å². The number of para-hydroxylation sites is 1. The fourth-order valence-corrected chi connectivity index (χ4v) is 3.05. The SMILES string of the molecule is COc1ccc(C(=O)Nc2cccc(Cl)c2C)cc1COc1ccccc1Cl. The fraction of sp³-hybridized carbons (Fsp3) is 0.136. The van der Waals surface area contributed by atoms with Crippen molar-refractivity contribution in [2.45, 2.75) is 13.5 Å². The Morgan fingerprint density at radius 2 is 1.71 bits per heavy atom. The van der Waals surface area contributed by atoms with Crippen LogP contribution in [0.5, 0.6) is 11.5 Å². The lowest BCUT2D eigenvalue weighted by molar-refractivity contribution is 0.102. The summed E-state index contributed by atoms with van der Waals surface area (Å²) in [6.45, 7) is 2.07. The Balaban J connectivity index is 1.80. The summed E-state index contributed by atoms with van der Waals surface area (Å²) >= 11 is 12.3. The summed E-state index contributed by atoms with van der Waals surface area (Å²) in [5.74, 6) is 0.949. The highest BCUT2D eigenvalue weighted by Crippen LogP contribution is 2.28. The van der Waals surface area contributed by atoms with Crippen LogP contribution in [0, 0.1) is 6.92 Å². The van der Waals surface area contributed by atoms with Crippen LogP contribution >= 0.6 is 23.2 Å². The predicted molar refractivity (Wildman–Crippen MR) is 113 cm³/mol. The predicted octanol–water partition coefficient (Wildman–Crippen LogP) is 6.14. The van der Waals surface area contributed by atoms with E-state index < -0.39 is 0 Å². The smallest absolute Gasteiger partial charge is 0.255 e. The number of nitrogens with one attached hydrogen (secondary N) is 1. The molecule has 144 valence electrons. The van der Waals surface area contributed by atoms with Crippen molar-refractivity contribution >= 4 is 34.8 Å². The maximum absolute atomic E-state index is 12.7. The second-order valence-corrected chi connectivity index (χ2v) is 6.93. The molecular formula is C22H19Cl2NO3. The van der Waals surface area contributed by atoms with Crippen molar-refractivity contribution in [1.29, 1.82) is 0 Å². The number of hydrogen-bond acceptors (Lipinski definition) is 3. The van der Waals surface area contributed by atoms with Gasteiger partial charge in [0.05, 0.1) is 12.1 Å². The molecule has 3 aromatic rings. The number of amides is 1. The first kappa shape index (κ1) is 20.1. The Bertz CT molecular complexity index is 1000. The normalized spacial score (nSPS) is 10.4. The van der Waals surface area contributed by atoms with E-state index in [1.54, 1.807) is 49.6 Å². The number of ether oxygens (including phenoxy) is 2. The maximum Gasteiger partial charge on any atom is 0.255 e. The van der Waals surface area contributed by atoms with Gasteiger partial charge in [0.25, 0.3) is 5.91 Å². The van der Waals surface area contributed by atoms with Crippen LogP contribution in [0.1, 0.15) is 21.5 Å². The van der Waals surface area contributed by atoms with Gasteiger partial charge in [-0.2, -0.15) is 0 Å². The summed E-state index contributed by atoms with van der Waals surface area (Å²) in [4.78, 5) is 12.7. The summed E-state index contributed by atoms with van der Waals surface area (Å²) < 4.78 is 11.2. The van der Waals surface area contributed by atoms with Crippen LogP contribution in [0.4, 0.5) is 5.69 Å². The van der Waals surface area contributed by atoms with Gasteiger partial charge < -0.3 is 14.8 Å². The van der Waals surface area contributed by atoms with Crippen LogP contribution < -0.4 is 14.8 Å². The summed E-state index contributed by atoms with van der Waals surface area (Å²) in [6.07, 6.45) is 0. The topological polar surface area (TPSA) is 47.6 Å². The van der Waals surface area contributed by atoms with E-state index >= 15 is 0 Å². The van der Waals surface area contributed by atoms with Crippen molar-refractivity contribution in [1.82, 2.24) is 0 Å². The van der Waals surface area contributed by atoms with Gasteiger partial charge >= 0.3 is 0 Å². The summed E-state index contributed by atoms with van der Waals surface area (Å²) in [7, 11) is 1.57. The Labute approximate surface area is 174 Å². The molecule has 0 saturated heterocycles. The first-order chi connectivity index (χ1) is 13.5. The zero-order chi connectivity index (χ0) is 20.1. The van der Waals surface area contributed by atoms with E-state index in [0.29, 0.717) is 32.8 Å². The van der Waals surface area contributed by atoms with Crippen LogP contribution in [-0.2, 0) is 6.61 Å². The number of hydrogen-bond donors (Lipinski definition) is 1. The van der Waals surface area contributed by atoms with E-state index in [-0.39, 0.29) is 12.5 Å². The molecule has 0 unspecified atom stereocenters. The van der Waals surface area contributed by atoms with Crippen LogP contribution in [0.2, 0.25) is 10.0 Å². The molecule has 3 aromatic carbocycles. The molecule has 0 bridgehead atoms. The van der Waals surface area contributed by atoms with Crippen molar-refractivity contribution < 1.29 is 14.3 Å². The number of benzene rings is 3. The van der Waals surface area contributed by atoms with Crippen molar-refractivity contribution in [3.63, 3.8) is 0 Å². The minimum atomic E-state index is -0.244. The number of carbonyl (C=O) groups is 1. The molecule has 0 aromatic heterocycles. The maximum atomic E-state index is 12.7. The third-order valence-corrected chi connectivity index (χ3v) is 5.00. The molecule has 0 aliphatic carbocycles. The number of methoxy groups -OCH3 is 1. The van der Waals surface area contributed by atoms with Gasteiger partial charge in [0.2, 0.25) is 0 Å². The highest BCUT2D eigenvalue weighted by Gasteiger charge is 2.13. The van der Waals surface area contributed by atoms with E-state index in [1.165, 1.54) is 0 Å². The lowest BCUT2D eigenvalue weighted by atomic mass is 10.1. The molecule has 0 radical (unpaired) electrons. The van der Waals surface area contributed by atoms with Gasteiger partial charge in [-0.25, -0.2) is 0 Å². The minimum Gasteiger partial charge on any atom is -0.496 e. The van der Waals surface area contributed by atoms with Gasteiger partial charge in [-0.3, -0.25) is 4.79 Å². The standard InChI is InChI=1S/C22H19Cl2NO3/c1-14-17(23)7-5-8-19(14)25-22(26)15-10-11-20(27-2)16(12-15)13-28-21-9-4-3-6-18(21)24/h3-12H,13H2,1-2H3,(H,25,26). The van der Waals surface area contributed by atoms with E-state index in [9.17, 15) is 4.79 Å². The monoisotopic (exact) mass is 415 g/mol. The lowest BCUT2D eigenvalue weighted by Crippen LogP contribution is -2.13. The molecule has 4 nitrogen and oxygen atoms in total. The third kappa shape index (κ3) is 4.58. The molecule has 28 heavy (non-hydrogen) atoms. The zero-order valence-corrected chi connectivity index (χ0v) is 17.0. The van der Waals surface area contributed by atoms with Gasteiger partial charge in [0.1, 0.15) is 18.1 Å². The molecule has 0 heterocycles. The second kappa shape index (κ2) is 9.00. The van der Waals surface area contributed by atoms with Gasteiger partial charge in [-0.1, -0.05) is 41.4 Å². The van der Waals surface area contributed by atoms with Crippen molar-refractivity contribution in [2.24, 2.45) is 0 Å². The molecule has 6 heteroatoms. The number of rotatable bonds is 6. The molecule has 0 aliphatic rings. The lowest BCUT2D eigenvalue weighted by Gasteiger charge is -2.14. The van der Waals surface area contributed by atoms with Gasteiger partial charge in [-0.05, 0) is 55.0 Å². The Morgan fingerprint density at radius 3 is 2.46 bits per heavy atom. The molecule has 0 saturated carbocycles. The average Bonchev–Trinajstić information content (AvgIpc) is 2.70. The van der Waals surface area contributed by atoms with Crippen LogP contribution in [-0.4, -0.2) is 13.0 Å². The number of anilines is 1. The molecular weight excluding hydrogens is 397 g/mol.